The Balaban J connectivity index is 0.00000300. The quantitative estimate of drug-likeness (QED) is 0.329. The topological polar surface area (TPSA) is 99.8 Å². The summed E-state index contributed by atoms with van der Waals surface area (Å²) in [7, 11) is 0. The highest BCUT2D eigenvalue weighted by molar-refractivity contribution is 14.0. The Bertz CT molecular complexity index is 866. The van der Waals surface area contributed by atoms with Gasteiger partial charge in [-0.25, -0.2) is 4.99 Å². The van der Waals surface area contributed by atoms with Gasteiger partial charge >= 0.3 is 0 Å². The van der Waals surface area contributed by atoms with E-state index in [-0.39, 0.29) is 42.3 Å². The standard InChI is InChI=1S/C21H25N5O2.HI/c1-2-15-5-9-18(10-6-15)25-21(22)24-13-16-3-7-17(8-4-16)20(28)26-12-11-23-19(27)14-26;/h3-10H,2,11-14H2,1H3,(H,23,27)(H3,22,24,25);1H. The molecule has 0 radical (unpaired) electrons. The second-order valence-corrected chi connectivity index (χ2v) is 6.65. The van der Waals surface area contributed by atoms with Crippen LogP contribution in [0.4, 0.5) is 5.69 Å². The normalized spacial score (nSPS) is 14.0. The summed E-state index contributed by atoms with van der Waals surface area (Å²) in [5.74, 6) is 0.0724. The zero-order chi connectivity index (χ0) is 19.9. The van der Waals surface area contributed by atoms with Crippen LogP contribution in [-0.2, 0) is 17.8 Å². The minimum absolute atomic E-state index is 0. The Labute approximate surface area is 187 Å². The van der Waals surface area contributed by atoms with Crippen LogP contribution in [-0.4, -0.2) is 42.3 Å². The third kappa shape index (κ3) is 6.45. The van der Waals surface area contributed by atoms with Gasteiger partial charge in [-0.3, -0.25) is 9.59 Å². The van der Waals surface area contributed by atoms with Gasteiger partial charge in [0.05, 0.1) is 13.1 Å². The molecule has 0 bridgehead atoms. The van der Waals surface area contributed by atoms with Crippen molar-refractivity contribution in [3.63, 3.8) is 0 Å². The molecule has 1 heterocycles. The van der Waals surface area contributed by atoms with Crippen molar-refractivity contribution in [2.24, 2.45) is 10.7 Å². The van der Waals surface area contributed by atoms with Crippen molar-refractivity contribution in [3.05, 3.63) is 65.2 Å². The molecule has 0 saturated carbocycles. The van der Waals surface area contributed by atoms with Crippen molar-refractivity contribution in [2.45, 2.75) is 19.9 Å². The number of piperazine rings is 1. The molecular weight excluding hydrogens is 481 g/mol. The Kier molecular flexibility index (Phi) is 8.44. The Morgan fingerprint density at radius 2 is 1.79 bits per heavy atom. The summed E-state index contributed by atoms with van der Waals surface area (Å²) in [6, 6.07) is 15.3. The number of anilines is 1. The lowest BCUT2D eigenvalue weighted by molar-refractivity contribution is -0.123. The molecule has 0 aromatic heterocycles. The van der Waals surface area contributed by atoms with E-state index < -0.39 is 0 Å². The summed E-state index contributed by atoms with van der Waals surface area (Å²) in [5, 5.41) is 5.78. The molecule has 2 aromatic rings. The molecule has 154 valence electrons. The molecule has 4 N–H and O–H groups in total. The third-order valence-electron chi connectivity index (χ3n) is 4.59. The molecule has 0 atom stereocenters. The first kappa shape index (κ1) is 22.7. The van der Waals surface area contributed by atoms with E-state index >= 15 is 0 Å². The van der Waals surface area contributed by atoms with E-state index in [0.29, 0.717) is 31.2 Å². The molecule has 0 spiro atoms. The molecule has 0 unspecified atom stereocenters. The van der Waals surface area contributed by atoms with Crippen LogP contribution in [0.2, 0.25) is 0 Å². The Morgan fingerprint density at radius 3 is 2.41 bits per heavy atom. The predicted molar refractivity (Wildman–Crippen MR) is 126 cm³/mol. The van der Waals surface area contributed by atoms with Crippen LogP contribution < -0.4 is 16.4 Å². The van der Waals surface area contributed by atoms with Crippen LogP contribution in [0.5, 0.6) is 0 Å². The van der Waals surface area contributed by atoms with Gasteiger partial charge in [-0.1, -0.05) is 31.2 Å². The van der Waals surface area contributed by atoms with Gasteiger partial charge in [-0.2, -0.15) is 0 Å². The van der Waals surface area contributed by atoms with E-state index in [1.165, 1.54) is 5.56 Å². The van der Waals surface area contributed by atoms with E-state index in [1.54, 1.807) is 17.0 Å². The summed E-state index contributed by atoms with van der Waals surface area (Å²) >= 11 is 0. The Morgan fingerprint density at radius 1 is 1.14 bits per heavy atom. The SMILES string of the molecule is CCc1ccc(NC(N)=NCc2ccc(C(=O)N3CCNC(=O)C3)cc2)cc1.I. The van der Waals surface area contributed by atoms with E-state index in [0.717, 1.165) is 17.7 Å². The summed E-state index contributed by atoms with van der Waals surface area (Å²) in [5.41, 5.74) is 9.61. The van der Waals surface area contributed by atoms with Crippen molar-refractivity contribution >= 4 is 47.4 Å². The van der Waals surface area contributed by atoms with Gasteiger partial charge in [0, 0.05) is 24.3 Å². The highest BCUT2D eigenvalue weighted by atomic mass is 127. The minimum Gasteiger partial charge on any atom is -0.370 e. The third-order valence-corrected chi connectivity index (χ3v) is 4.59. The maximum atomic E-state index is 12.5. The van der Waals surface area contributed by atoms with Crippen LogP contribution in [0.3, 0.4) is 0 Å². The van der Waals surface area contributed by atoms with E-state index in [9.17, 15) is 9.59 Å². The number of benzene rings is 2. The fourth-order valence-electron chi connectivity index (χ4n) is 2.93. The highest BCUT2D eigenvalue weighted by Crippen LogP contribution is 2.11. The molecule has 2 amide bonds. The fraction of sp³-hybridized carbons (Fsp3) is 0.286. The van der Waals surface area contributed by atoms with Crippen molar-refractivity contribution in [1.82, 2.24) is 10.2 Å². The number of halogens is 1. The predicted octanol–water partition coefficient (Wildman–Crippen LogP) is 2.37. The van der Waals surface area contributed by atoms with Gasteiger partial charge < -0.3 is 21.3 Å². The summed E-state index contributed by atoms with van der Waals surface area (Å²) in [6.07, 6.45) is 0.993. The molecule has 1 aliphatic rings. The van der Waals surface area contributed by atoms with Gasteiger partial charge in [0.25, 0.3) is 5.91 Å². The zero-order valence-electron chi connectivity index (χ0n) is 16.4. The average molecular weight is 507 g/mol. The van der Waals surface area contributed by atoms with Crippen molar-refractivity contribution in [2.75, 3.05) is 25.0 Å². The molecule has 1 fully saturated rings. The van der Waals surface area contributed by atoms with Gasteiger partial charge in [0.15, 0.2) is 5.96 Å². The lowest BCUT2D eigenvalue weighted by Gasteiger charge is -2.26. The highest BCUT2D eigenvalue weighted by Gasteiger charge is 2.21. The monoisotopic (exact) mass is 507 g/mol. The fourth-order valence-corrected chi connectivity index (χ4v) is 2.93. The molecular formula is C21H26IN5O2. The lowest BCUT2D eigenvalue weighted by atomic mass is 10.1. The number of amides is 2. The number of carbonyl (C=O) groups excluding carboxylic acids is 2. The van der Waals surface area contributed by atoms with Crippen LogP contribution in [0.1, 0.15) is 28.4 Å². The van der Waals surface area contributed by atoms with Gasteiger partial charge in [0.1, 0.15) is 0 Å². The molecule has 7 nitrogen and oxygen atoms in total. The van der Waals surface area contributed by atoms with E-state index in [1.807, 2.05) is 24.3 Å². The molecule has 29 heavy (non-hydrogen) atoms. The summed E-state index contributed by atoms with van der Waals surface area (Å²) in [6.45, 7) is 3.64. The maximum Gasteiger partial charge on any atom is 0.254 e. The van der Waals surface area contributed by atoms with Gasteiger partial charge in [0.2, 0.25) is 5.91 Å². The summed E-state index contributed by atoms with van der Waals surface area (Å²) in [4.78, 5) is 29.8. The molecule has 2 aromatic carbocycles. The van der Waals surface area contributed by atoms with Gasteiger partial charge in [-0.15, -0.1) is 24.0 Å². The average Bonchev–Trinajstić information content (AvgIpc) is 2.72. The largest absolute Gasteiger partial charge is 0.370 e. The number of aliphatic imine (C=N–C) groups is 1. The molecule has 0 aliphatic carbocycles. The first-order valence-electron chi connectivity index (χ1n) is 9.36. The number of guanidine groups is 1. The second-order valence-electron chi connectivity index (χ2n) is 6.65. The van der Waals surface area contributed by atoms with Crippen LogP contribution in [0.15, 0.2) is 53.5 Å². The van der Waals surface area contributed by atoms with Crippen molar-refractivity contribution in [1.29, 1.82) is 0 Å². The molecule has 1 aliphatic heterocycles. The van der Waals surface area contributed by atoms with Gasteiger partial charge in [-0.05, 0) is 41.8 Å². The van der Waals surface area contributed by atoms with E-state index in [4.69, 9.17) is 5.73 Å². The maximum absolute atomic E-state index is 12.5. The number of nitrogens with zero attached hydrogens (tertiary/aromatic N) is 2. The molecule has 8 heteroatoms. The number of nitrogens with two attached hydrogens (primary N) is 1. The smallest absolute Gasteiger partial charge is 0.254 e. The summed E-state index contributed by atoms with van der Waals surface area (Å²) < 4.78 is 0. The number of aryl methyl sites for hydroxylation is 1. The number of rotatable bonds is 5. The van der Waals surface area contributed by atoms with Crippen LogP contribution in [0, 0.1) is 0 Å². The minimum atomic E-state index is -0.137. The second kappa shape index (κ2) is 10.8. The van der Waals surface area contributed by atoms with Crippen molar-refractivity contribution < 1.29 is 9.59 Å². The number of hydrogen-bond donors (Lipinski definition) is 3. The zero-order valence-corrected chi connectivity index (χ0v) is 18.7. The van der Waals surface area contributed by atoms with Crippen LogP contribution >= 0.6 is 24.0 Å². The first-order chi connectivity index (χ1) is 13.5. The number of nitrogens with one attached hydrogen (secondary N) is 2. The lowest BCUT2D eigenvalue weighted by Crippen LogP contribution is -2.49. The van der Waals surface area contributed by atoms with Crippen molar-refractivity contribution in [3.8, 4) is 0 Å². The first-order valence-corrected chi connectivity index (χ1v) is 9.36. The molecule has 1 saturated heterocycles. The Hall–Kier alpha value is -2.62. The van der Waals surface area contributed by atoms with E-state index in [2.05, 4.69) is 34.7 Å². The number of carbonyl (C=O) groups is 2. The number of hydrogen-bond acceptors (Lipinski definition) is 3. The van der Waals surface area contributed by atoms with Crippen LogP contribution in [0.25, 0.3) is 0 Å². The molecule has 3 rings (SSSR count).